The maximum absolute atomic E-state index is 14.7. The van der Waals surface area contributed by atoms with Gasteiger partial charge < -0.3 is 19.5 Å². The number of aliphatic hydroxyl groups is 1. The predicted octanol–water partition coefficient (Wildman–Crippen LogP) is 0.481. The number of amides is 1. The van der Waals surface area contributed by atoms with Crippen molar-refractivity contribution in [2.75, 3.05) is 26.3 Å². The average molecular weight is 275 g/mol. The number of ether oxygens (including phenoxy) is 2. The molecular weight excluding hydrogens is 257 g/mol. The second-order valence-corrected chi connectivity index (χ2v) is 6.15. The predicted molar refractivity (Wildman–Crippen MR) is 62.1 cm³/mol. The molecule has 6 nitrogen and oxygen atoms in total. The third kappa shape index (κ3) is 2.05. The number of carbonyl (C=O) groups excluding carboxylic acids is 2. The maximum atomic E-state index is 14.7. The molecule has 2 atom stereocenters. The van der Waals surface area contributed by atoms with Gasteiger partial charge in [0.1, 0.15) is 12.2 Å². The first-order chi connectivity index (χ1) is 8.63. The molecule has 2 aliphatic heterocycles. The Morgan fingerprint density at radius 1 is 1.53 bits per heavy atom. The van der Waals surface area contributed by atoms with Crippen LogP contribution < -0.4 is 0 Å². The van der Waals surface area contributed by atoms with Crippen LogP contribution in [0.25, 0.3) is 0 Å². The minimum atomic E-state index is -2.35. The molecule has 1 amide bonds. The Labute approximate surface area is 110 Å². The minimum absolute atomic E-state index is 0.0966. The van der Waals surface area contributed by atoms with Crippen molar-refractivity contribution in [1.29, 1.82) is 0 Å². The number of fused-ring (bicyclic) bond motifs is 1. The fraction of sp³-hybridized carbons (Fsp3) is 0.833. The number of hydrogen-bond donors (Lipinski definition) is 1. The fourth-order valence-electron chi connectivity index (χ4n) is 2.41. The molecule has 2 heterocycles. The van der Waals surface area contributed by atoms with Crippen LogP contribution in [0.4, 0.5) is 9.18 Å². The largest absolute Gasteiger partial charge is 0.462 e. The van der Waals surface area contributed by atoms with E-state index in [0.717, 1.165) is 4.90 Å². The third-order valence-corrected chi connectivity index (χ3v) is 3.50. The van der Waals surface area contributed by atoms with E-state index in [4.69, 9.17) is 9.47 Å². The summed E-state index contributed by atoms with van der Waals surface area (Å²) in [6.07, 6.45) is -0.695. The number of alkyl halides is 1. The highest BCUT2D eigenvalue weighted by atomic mass is 19.1. The second-order valence-electron chi connectivity index (χ2n) is 6.15. The Bertz CT molecular complexity index is 421. The molecule has 108 valence electrons. The average Bonchev–Trinajstić information content (AvgIpc) is 2.70. The number of nitrogens with zero attached hydrogens (tertiary/aromatic N) is 1. The summed E-state index contributed by atoms with van der Waals surface area (Å²) in [6.45, 7) is 3.77. The number of halogens is 1. The molecule has 0 aromatic heterocycles. The van der Waals surface area contributed by atoms with Gasteiger partial charge in [0, 0.05) is 6.54 Å². The van der Waals surface area contributed by atoms with E-state index in [1.807, 2.05) is 0 Å². The molecule has 1 N–H and O–H groups in total. The molecule has 0 bridgehead atoms. The Morgan fingerprint density at radius 2 is 2.16 bits per heavy atom. The van der Waals surface area contributed by atoms with E-state index in [1.165, 1.54) is 0 Å². The standard InChI is InChI=1S/C12H18FNO5/c1-10(2,3)19-9(17)14-4-11(6-15)7-18-8(16)12(11,13)5-14/h15H,4-7H2,1-3H3/t11-,12+/m1/s1. The molecule has 0 aromatic rings. The minimum Gasteiger partial charge on any atom is -0.462 e. The highest BCUT2D eigenvalue weighted by molar-refractivity contribution is 5.85. The van der Waals surface area contributed by atoms with Crippen molar-refractivity contribution in [1.82, 2.24) is 4.90 Å². The lowest BCUT2D eigenvalue weighted by Gasteiger charge is -2.26. The first-order valence-corrected chi connectivity index (χ1v) is 6.08. The smallest absolute Gasteiger partial charge is 0.410 e. The van der Waals surface area contributed by atoms with Gasteiger partial charge in [0.2, 0.25) is 5.67 Å². The summed E-state index contributed by atoms with van der Waals surface area (Å²) >= 11 is 0. The van der Waals surface area contributed by atoms with E-state index >= 15 is 0 Å². The highest BCUT2D eigenvalue weighted by Gasteiger charge is 2.70. The van der Waals surface area contributed by atoms with Gasteiger partial charge in [-0.3, -0.25) is 0 Å². The zero-order valence-electron chi connectivity index (χ0n) is 11.2. The van der Waals surface area contributed by atoms with Gasteiger partial charge in [0.05, 0.1) is 18.6 Å². The SMILES string of the molecule is CC(C)(C)OC(=O)N1C[C@@]2(CO)COC(=O)[C@@]2(F)C1. The van der Waals surface area contributed by atoms with Crippen molar-refractivity contribution in [3.8, 4) is 0 Å². The summed E-state index contributed by atoms with van der Waals surface area (Å²) in [7, 11) is 0. The number of rotatable bonds is 1. The lowest BCUT2D eigenvalue weighted by Crippen LogP contribution is -2.47. The van der Waals surface area contributed by atoms with Crippen molar-refractivity contribution in [3.05, 3.63) is 0 Å². The van der Waals surface area contributed by atoms with Gasteiger partial charge in [-0.1, -0.05) is 0 Å². The molecule has 0 aromatic carbocycles. The van der Waals surface area contributed by atoms with Crippen molar-refractivity contribution in [2.24, 2.45) is 5.41 Å². The van der Waals surface area contributed by atoms with Crippen LogP contribution in [-0.4, -0.2) is 59.6 Å². The van der Waals surface area contributed by atoms with Gasteiger partial charge in [-0.2, -0.15) is 0 Å². The quantitative estimate of drug-likeness (QED) is 0.704. The molecule has 0 spiro atoms. The molecule has 2 rings (SSSR count). The Balaban J connectivity index is 2.18. The highest BCUT2D eigenvalue weighted by Crippen LogP contribution is 2.48. The van der Waals surface area contributed by atoms with E-state index in [1.54, 1.807) is 20.8 Å². The zero-order chi connectivity index (χ0) is 14.5. The van der Waals surface area contributed by atoms with Crippen molar-refractivity contribution in [2.45, 2.75) is 32.0 Å². The first kappa shape index (κ1) is 14.0. The summed E-state index contributed by atoms with van der Waals surface area (Å²) < 4.78 is 24.5. The van der Waals surface area contributed by atoms with Crippen LogP contribution in [0.2, 0.25) is 0 Å². The molecule has 0 saturated carbocycles. The Morgan fingerprint density at radius 3 is 2.63 bits per heavy atom. The molecule has 0 aliphatic carbocycles. The van der Waals surface area contributed by atoms with Gasteiger partial charge in [-0.05, 0) is 20.8 Å². The molecule has 7 heteroatoms. The summed E-state index contributed by atoms with van der Waals surface area (Å²) in [5.74, 6) is -1.02. The van der Waals surface area contributed by atoms with Crippen LogP contribution in [-0.2, 0) is 14.3 Å². The third-order valence-electron chi connectivity index (χ3n) is 3.50. The van der Waals surface area contributed by atoms with E-state index in [9.17, 15) is 19.1 Å². The molecule has 0 unspecified atom stereocenters. The summed E-state index contributed by atoms with van der Waals surface area (Å²) in [5, 5.41) is 9.39. The van der Waals surface area contributed by atoms with Crippen LogP contribution in [0.3, 0.4) is 0 Å². The van der Waals surface area contributed by atoms with Crippen LogP contribution in [0.15, 0.2) is 0 Å². The fourth-order valence-corrected chi connectivity index (χ4v) is 2.41. The van der Waals surface area contributed by atoms with Crippen LogP contribution >= 0.6 is 0 Å². The van der Waals surface area contributed by atoms with Crippen molar-refractivity contribution < 1.29 is 28.6 Å². The molecule has 2 fully saturated rings. The van der Waals surface area contributed by atoms with Gasteiger partial charge in [-0.15, -0.1) is 0 Å². The van der Waals surface area contributed by atoms with Crippen LogP contribution in [0, 0.1) is 5.41 Å². The molecular formula is C12H18FNO5. The van der Waals surface area contributed by atoms with E-state index < -0.39 is 41.9 Å². The number of likely N-dealkylation sites (tertiary alicyclic amines) is 1. The lowest BCUT2D eigenvalue weighted by atomic mass is 9.79. The zero-order valence-corrected chi connectivity index (χ0v) is 11.2. The summed E-state index contributed by atoms with van der Waals surface area (Å²) in [6, 6.07) is 0. The molecule has 0 radical (unpaired) electrons. The first-order valence-electron chi connectivity index (χ1n) is 6.08. The van der Waals surface area contributed by atoms with Gasteiger partial charge >= 0.3 is 12.1 Å². The number of aliphatic hydroxyl groups excluding tert-OH is 1. The monoisotopic (exact) mass is 275 g/mol. The molecule has 2 saturated heterocycles. The van der Waals surface area contributed by atoms with Crippen molar-refractivity contribution >= 4 is 12.1 Å². The topological polar surface area (TPSA) is 76.1 Å². The van der Waals surface area contributed by atoms with Crippen LogP contribution in [0.5, 0.6) is 0 Å². The Kier molecular flexibility index (Phi) is 3.00. The summed E-state index contributed by atoms with van der Waals surface area (Å²) in [5.41, 5.74) is -4.43. The van der Waals surface area contributed by atoms with Crippen LogP contribution in [0.1, 0.15) is 20.8 Å². The van der Waals surface area contributed by atoms with Gasteiger partial charge in [0.25, 0.3) is 0 Å². The van der Waals surface area contributed by atoms with E-state index in [2.05, 4.69) is 0 Å². The van der Waals surface area contributed by atoms with Gasteiger partial charge in [-0.25, -0.2) is 14.0 Å². The Hall–Kier alpha value is -1.37. The van der Waals surface area contributed by atoms with E-state index in [0.29, 0.717) is 0 Å². The number of hydrogen-bond acceptors (Lipinski definition) is 5. The lowest BCUT2D eigenvalue weighted by molar-refractivity contribution is -0.148. The molecule has 2 aliphatic rings. The van der Waals surface area contributed by atoms with E-state index in [-0.39, 0.29) is 13.2 Å². The maximum Gasteiger partial charge on any atom is 0.410 e. The van der Waals surface area contributed by atoms with Gasteiger partial charge in [0.15, 0.2) is 0 Å². The number of esters is 1. The normalized spacial score (nSPS) is 34.2. The summed E-state index contributed by atoms with van der Waals surface area (Å²) in [4.78, 5) is 24.5. The molecule has 19 heavy (non-hydrogen) atoms. The van der Waals surface area contributed by atoms with Crippen molar-refractivity contribution in [3.63, 3.8) is 0 Å². The number of cyclic esters (lactones) is 1. The second kappa shape index (κ2) is 4.06. The number of carbonyl (C=O) groups is 2.